The summed E-state index contributed by atoms with van der Waals surface area (Å²) in [4.78, 5) is 36.8. The van der Waals surface area contributed by atoms with Crippen LogP contribution < -0.4 is 4.74 Å². The molecule has 1 fully saturated rings. The number of carbonyl (C=O) groups excluding carboxylic acids is 2. The van der Waals surface area contributed by atoms with Crippen LogP contribution in [0.4, 0.5) is 4.39 Å². The Kier molecular flexibility index (Phi) is 5.15. The molecule has 8 heteroatoms. The molecule has 1 saturated heterocycles. The first-order valence-corrected chi connectivity index (χ1v) is 9.78. The van der Waals surface area contributed by atoms with E-state index in [9.17, 15) is 14.0 Å². The van der Waals surface area contributed by atoms with E-state index in [1.54, 1.807) is 28.1 Å². The molecule has 1 aliphatic heterocycles. The summed E-state index contributed by atoms with van der Waals surface area (Å²) >= 11 is 0. The van der Waals surface area contributed by atoms with Crippen molar-refractivity contribution in [2.75, 3.05) is 20.2 Å². The SMILES string of the molecule is COc1ccc(C(=O)N2[C@H](C)CN(C(=O)c3ccc4cc[nH]c4n3)C[C@H]2C)c(F)c1. The number of hydrogen-bond acceptors (Lipinski definition) is 4. The number of piperazine rings is 1. The summed E-state index contributed by atoms with van der Waals surface area (Å²) in [5.41, 5.74) is 1.00. The van der Waals surface area contributed by atoms with Gasteiger partial charge < -0.3 is 19.5 Å². The Bertz CT molecular complexity index is 1100. The lowest BCUT2D eigenvalue weighted by atomic mass is 10.0. The maximum atomic E-state index is 14.4. The number of amides is 2. The zero-order valence-corrected chi connectivity index (χ0v) is 17.1. The monoisotopic (exact) mass is 410 g/mol. The molecule has 2 atom stereocenters. The summed E-state index contributed by atoms with van der Waals surface area (Å²) < 4.78 is 19.4. The van der Waals surface area contributed by atoms with Crippen LogP contribution in [0, 0.1) is 5.82 Å². The zero-order chi connectivity index (χ0) is 21.4. The molecule has 0 aliphatic carbocycles. The van der Waals surface area contributed by atoms with Gasteiger partial charge in [0.05, 0.1) is 12.7 Å². The fraction of sp³-hybridized carbons (Fsp3) is 0.318. The molecule has 156 valence electrons. The summed E-state index contributed by atoms with van der Waals surface area (Å²) in [5, 5.41) is 0.935. The van der Waals surface area contributed by atoms with Gasteiger partial charge in [0.2, 0.25) is 0 Å². The summed E-state index contributed by atoms with van der Waals surface area (Å²) in [7, 11) is 1.44. The molecular formula is C22H23FN4O3. The third-order valence-corrected chi connectivity index (χ3v) is 5.48. The number of ether oxygens (including phenoxy) is 1. The molecule has 4 rings (SSSR count). The molecule has 0 bridgehead atoms. The summed E-state index contributed by atoms with van der Waals surface area (Å²) in [6, 6.07) is 9.09. The van der Waals surface area contributed by atoms with Gasteiger partial charge >= 0.3 is 0 Å². The number of pyridine rings is 1. The number of hydrogen-bond donors (Lipinski definition) is 1. The minimum absolute atomic E-state index is 0.00635. The minimum atomic E-state index is -0.624. The predicted octanol–water partition coefficient (Wildman–Crippen LogP) is 3.09. The van der Waals surface area contributed by atoms with Crippen molar-refractivity contribution in [3.63, 3.8) is 0 Å². The highest BCUT2D eigenvalue weighted by Gasteiger charge is 2.36. The Morgan fingerprint density at radius 1 is 1.10 bits per heavy atom. The molecule has 7 nitrogen and oxygen atoms in total. The van der Waals surface area contributed by atoms with Crippen molar-refractivity contribution >= 4 is 22.8 Å². The standard InChI is InChI=1S/C22H23FN4O3/c1-13-11-26(22(29)19-7-4-15-8-9-24-20(15)25-19)12-14(2)27(13)21(28)17-6-5-16(30-3)10-18(17)23/h4-10,13-14H,11-12H2,1-3H3,(H,24,25)/t13-,14-/m1/s1. The molecule has 0 unspecified atom stereocenters. The number of H-pyrrole nitrogens is 1. The van der Waals surface area contributed by atoms with Crippen molar-refractivity contribution in [1.82, 2.24) is 19.8 Å². The number of aromatic nitrogens is 2. The third-order valence-electron chi connectivity index (χ3n) is 5.48. The van der Waals surface area contributed by atoms with Crippen LogP contribution in [0.1, 0.15) is 34.7 Å². The molecule has 30 heavy (non-hydrogen) atoms. The lowest BCUT2D eigenvalue weighted by molar-refractivity contribution is 0.0249. The van der Waals surface area contributed by atoms with E-state index in [0.29, 0.717) is 30.2 Å². The smallest absolute Gasteiger partial charge is 0.272 e. The van der Waals surface area contributed by atoms with Crippen molar-refractivity contribution in [3.05, 3.63) is 59.7 Å². The van der Waals surface area contributed by atoms with Crippen LogP contribution in [0.3, 0.4) is 0 Å². The van der Waals surface area contributed by atoms with Gasteiger partial charge in [0.25, 0.3) is 11.8 Å². The molecule has 2 amide bonds. The van der Waals surface area contributed by atoms with Crippen LogP contribution >= 0.6 is 0 Å². The van der Waals surface area contributed by atoms with Gasteiger partial charge in [0.1, 0.15) is 22.9 Å². The first kappa shape index (κ1) is 19.9. The number of nitrogens with one attached hydrogen (secondary N) is 1. The molecule has 3 aromatic rings. The fourth-order valence-corrected chi connectivity index (χ4v) is 4.04. The number of methoxy groups -OCH3 is 1. The van der Waals surface area contributed by atoms with Crippen molar-refractivity contribution in [2.24, 2.45) is 0 Å². The molecule has 0 saturated carbocycles. The summed E-state index contributed by atoms with van der Waals surface area (Å²) in [5.74, 6) is -0.853. The van der Waals surface area contributed by atoms with E-state index in [1.165, 1.54) is 19.2 Å². The maximum Gasteiger partial charge on any atom is 0.272 e. The molecule has 1 aliphatic rings. The minimum Gasteiger partial charge on any atom is -0.497 e. The van der Waals surface area contributed by atoms with E-state index >= 15 is 0 Å². The molecule has 0 spiro atoms. The average Bonchev–Trinajstić information content (AvgIpc) is 3.20. The Morgan fingerprint density at radius 2 is 1.83 bits per heavy atom. The first-order valence-electron chi connectivity index (χ1n) is 9.78. The van der Waals surface area contributed by atoms with Gasteiger partial charge in [0, 0.05) is 42.8 Å². The summed E-state index contributed by atoms with van der Waals surface area (Å²) in [6.45, 7) is 4.40. The number of carbonyl (C=O) groups is 2. The van der Waals surface area contributed by atoms with Crippen LogP contribution in [0.15, 0.2) is 42.6 Å². The maximum absolute atomic E-state index is 14.4. The van der Waals surface area contributed by atoms with Crippen LogP contribution in [0.25, 0.3) is 11.0 Å². The van der Waals surface area contributed by atoms with Crippen molar-refractivity contribution in [1.29, 1.82) is 0 Å². The van der Waals surface area contributed by atoms with Crippen LogP contribution in [-0.4, -0.2) is 63.9 Å². The van der Waals surface area contributed by atoms with E-state index < -0.39 is 11.7 Å². The number of benzene rings is 1. The number of halogens is 1. The van der Waals surface area contributed by atoms with E-state index in [0.717, 1.165) is 5.39 Å². The average molecular weight is 410 g/mol. The predicted molar refractivity (Wildman–Crippen MR) is 110 cm³/mol. The Morgan fingerprint density at radius 3 is 2.50 bits per heavy atom. The number of rotatable bonds is 3. The lowest BCUT2D eigenvalue weighted by Gasteiger charge is -2.44. The summed E-state index contributed by atoms with van der Waals surface area (Å²) in [6.07, 6.45) is 1.78. The number of fused-ring (bicyclic) bond motifs is 1. The van der Waals surface area contributed by atoms with Crippen LogP contribution in [-0.2, 0) is 0 Å². The van der Waals surface area contributed by atoms with Gasteiger partial charge in [-0.3, -0.25) is 9.59 Å². The third kappa shape index (κ3) is 3.49. The van der Waals surface area contributed by atoms with Gasteiger partial charge in [0.15, 0.2) is 0 Å². The normalized spacial score (nSPS) is 19.2. The van der Waals surface area contributed by atoms with E-state index in [2.05, 4.69) is 9.97 Å². The molecule has 1 N–H and O–H groups in total. The van der Waals surface area contributed by atoms with E-state index in [1.807, 2.05) is 26.0 Å². The van der Waals surface area contributed by atoms with E-state index in [4.69, 9.17) is 4.74 Å². The van der Waals surface area contributed by atoms with Crippen LogP contribution in [0.2, 0.25) is 0 Å². The van der Waals surface area contributed by atoms with Crippen molar-refractivity contribution in [2.45, 2.75) is 25.9 Å². The Balaban J connectivity index is 1.52. The number of aromatic amines is 1. The largest absolute Gasteiger partial charge is 0.497 e. The molecule has 0 radical (unpaired) electrons. The Labute approximate surface area is 173 Å². The van der Waals surface area contributed by atoms with Gasteiger partial charge in [-0.05, 0) is 44.2 Å². The van der Waals surface area contributed by atoms with Gasteiger partial charge in [-0.15, -0.1) is 0 Å². The molecular weight excluding hydrogens is 387 g/mol. The Hall–Kier alpha value is -3.42. The van der Waals surface area contributed by atoms with Gasteiger partial charge in [-0.1, -0.05) is 0 Å². The number of nitrogens with zero attached hydrogens (tertiary/aromatic N) is 3. The van der Waals surface area contributed by atoms with Gasteiger partial charge in [-0.2, -0.15) is 0 Å². The second-order valence-corrected chi connectivity index (χ2v) is 7.58. The first-order chi connectivity index (χ1) is 14.4. The second-order valence-electron chi connectivity index (χ2n) is 7.58. The molecule has 3 heterocycles. The van der Waals surface area contributed by atoms with Crippen molar-refractivity contribution in [3.8, 4) is 5.75 Å². The molecule has 2 aromatic heterocycles. The highest BCUT2D eigenvalue weighted by atomic mass is 19.1. The van der Waals surface area contributed by atoms with Crippen molar-refractivity contribution < 1.29 is 18.7 Å². The zero-order valence-electron chi connectivity index (χ0n) is 17.1. The van der Waals surface area contributed by atoms with Crippen LogP contribution in [0.5, 0.6) is 5.75 Å². The highest BCUT2D eigenvalue weighted by Crippen LogP contribution is 2.24. The van der Waals surface area contributed by atoms with Gasteiger partial charge in [-0.25, -0.2) is 9.37 Å². The fourth-order valence-electron chi connectivity index (χ4n) is 4.04. The van der Waals surface area contributed by atoms with E-state index in [-0.39, 0.29) is 23.6 Å². The second kappa shape index (κ2) is 7.78. The quantitative estimate of drug-likeness (QED) is 0.720. The highest BCUT2D eigenvalue weighted by molar-refractivity contribution is 5.96. The lowest BCUT2D eigenvalue weighted by Crippen LogP contribution is -2.60. The molecule has 1 aromatic carbocycles. The topological polar surface area (TPSA) is 78.5 Å².